The lowest BCUT2D eigenvalue weighted by molar-refractivity contribution is 0.195. The smallest absolute Gasteiger partial charge is 0.0985 e. The molecular weight excluding hydrogens is 176 g/mol. The average Bonchev–Trinajstić information content (AvgIpc) is 2.44. The number of hydrogen-bond donors (Lipinski definition) is 1. The molecule has 0 radical (unpaired) electrons. The third-order valence-corrected chi connectivity index (χ3v) is 2.43. The molecule has 0 aliphatic heterocycles. The summed E-state index contributed by atoms with van der Waals surface area (Å²) in [5.41, 5.74) is 3.03. The zero-order chi connectivity index (χ0) is 10.3. The number of nitrogens with zero attached hydrogens (tertiary/aromatic N) is 2. The maximum absolute atomic E-state index is 9.53. The van der Waals surface area contributed by atoms with Crippen molar-refractivity contribution in [2.24, 2.45) is 7.05 Å². The molecule has 0 saturated heterocycles. The molecule has 0 saturated carbocycles. The summed E-state index contributed by atoms with van der Waals surface area (Å²) in [4.78, 5) is 0. The fraction of sp³-hybridized carbons (Fsp3) is 0.364. The molecule has 1 aromatic carbocycles. The number of aryl methyl sites for hydroxylation is 2. The largest absolute Gasteiger partial charge is 0.387 e. The minimum absolute atomic E-state index is 0.513. The van der Waals surface area contributed by atoms with Crippen LogP contribution < -0.4 is 0 Å². The van der Waals surface area contributed by atoms with Crippen LogP contribution in [0.25, 0.3) is 10.9 Å². The second-order valence-electron chi connectivity index (χ2n) is 3.71. The van der Waals surface area contributed by atoms with Crippen molar-refractivity contribution in [3.05, 3.63) is 29.5 Å². The molecule has 3 nitrogen and oxygen atoms in total. The minimum atomic E-state index is -0.513. The monoisotopic (exact) mass is 190 g/mol. The summed E-state index contributed by atoms with van der Waals surface area (Å²) in [6.45, 7) is 3.79. The van der Waals surface area contributed by atoms with Gasteiger partial charge in [0, 0.05) is 12.4 Å². The van der Waals surface area contributed by atoms with Gasteiger partial charge >= 0.3 is 0 Å². The van der Waals surface area contributed by atoms with Crippen LogP contribution in [0.2, 0.25) is 0 Å². The first-order valence-corrected chi connectivity index (χ1v) is 4.71. The molecule has 0 bridgehead atoms. The first kappa shape index (κ1) is 9.21. The quantitative estimate of drug-likeness (QED) is 0.746. The maximum Gasteiger partial charge on any atom is 0.0985 e. The third-order valence-electron chi connectivity index (χ3n) is 2.43. The summed E-state index contributed by atoms with van der Waals surface area (Å²) in [5.74, 6) is 0. The average molecular weight is 190 g/mol. The van der Waals surface area contributed by atoms with Crippen molar-refractivity contribution in [3.8, 4) is 0 Å². The van der Waals surface area contributed by atoms with Crippen molar-refractivity contribution in [3.63, 3.8) is 0 Å². The highest BCUT2D eigenvalue weighted by atomic mass is 16.3. The Morgan fingerprint density at radius 2 is 2.14 bits per heavy atom. The second-order valence-corrected chi connectivity index (χ2v) is 3.71. The van der Waals surface area contributed by atoms with E-state index in [4.69, 9.17) is 0 Å². The molecule has 2 rings (SSSR count). The number of benzene rings is 1. The molecule has 0 spiro atoms. The van der Waals surface area contributed by atoms with Gasteiger partial charge in [0.05, 0.1) is 17.3 Å². The Labute approximate surface area is 83.0 Å². The number of aromatic nitrogens is 2. The molecule has 0 aliphatic carbocycles. The van der Waals surface area contributed by atoms with Gasteiger partial charge in [0.15, 0.2) is 0 Å². The normalized spacial score (nSPS) is 13.4. The molecule has 1 heterocycles. The highest BCUT2D eigenvalue weighted by molar-refractivity contribution is 5.82. The summed E-state index contributed by atoms with van der Waals surface area (Å²) in [6, 6.07) is 6.13. The predicted molar refractivity (Wildman–Crippen MR) is 56.1 cm³/mol. The van der Waals surface area contributed by atoms with Crippen LogP contribution >= 0.6 is 0 Å². The van der Waals surface area contributed by atoms with E-state index in [0.29, 0.717) is 0 Å². The van der Waals surface area contributed by atoms with Crippen LogP contribution in [0.3, 0.4) is 0 Å². The first-order chi connectivity index (χ1) is 6.59. The maximum atomic E-state index is 9.53. The Hall–Kier alpha value is -1.35. The first-order valence-electron chi connectivity index (χ1n) is 4.71. The molecule has 2 aromatic rings. The van der Waals surface area contributed by atoms with E-state index in [-0.39, 0.29) is 0 Å². The summed E-state index contributed by atoms with van der Waals surface area (Å²) < 4.78 is 1.81. The number of fused-ring (bicyclic) bond motifs is 1. The van der Waals surface area contributed by atoms with Crippen molar-refractivity contribution in [1.29, 1.82) is 0 Å². The van der Waals surface area contributed by atoms with Crippen LogP contribution in [0, 0.1) is 6.92 Å². The zero-order valence-electron chi connectivity index (χ0n) is 8.65. The van der Waals surface area contributed by atoms with Crippen molar-refractivity contribution in [2.45, 2.75) is 20.0 Å². The molecule has 1 atom stereocenters. The Morgan fingerprint density at radius 1 is 1.43 bits per heavy atom. The fourth-order valence-electron chi connectivity index (χ4n) is 1.70. The summed E-state index contributed by atoms with van der Waals surface area (Å²) in [6.07, 6.45) is -0.513. The number of aliphatic hydroxyl groups excluding tert-OH is 1. The predicted octanol–water partition coefficient (Wildman–Crippen LogP) is 1.94. The van der Waals surface area contributed by atoms with E-state index in [1.165, 1.54) is 5.56 Å². The lowest BCUT2D eigenvalue weighted by atomic mass is 10.1. The van der Waals surface area contributed by atoms with Gasteiger partial charge in [-0.1, -0.05) is 12.1 Å². The topological polar surface area (TPSA) is 38.1 Å². The van der Waals surface area contributed by atoms with E-state index in [9.17, 15) is 5.11 Å². The minimum Gasteiger partial charge on any atom is -0.387 e. The van der Waals surface area contributed by atoms with Gasteiger partial charge in [-0.05, 0) is 25.5 Å². The molecule has 0 fully saturated rings. The summed E-state index contributed by atoms with van der Waals surface area (Å²) in [5, 5.41) is 14.9. The van der Waals surface area contributed by atoms with Crippen LogP contribution in [-0.4, -0.2) is 14.9 Å². The highest BCUT2D eigenvalue weighted by Crippen LogP contribution is 2.23. The number of rotatable bonds is 1. The van der Waals surface area contributed by atoms with Crippen LogP contribution in [-0.2, 0) is 7.05 Å². The van der Waals surface area contributed by atoms with Crippen LogP contribution in [0.1, 0.15) is 24.3 Å². The van der Waals surface area contributed by atoms with Gasteiger partial charge in [0.25, 0.3) is 0 Å². The van der Waals surface area contributed by atoms with E-state index in [0.717, 1.165) is 16.6 Å². The van der Waals surface area contributed by atoms with E-state index >= 15 is 0 Å². The lowest BCUT2D eigenvalue weighted by Gasteiger charge is -1.99. The van der Waals surface area contributed by atoms with Crippen molar-refractivity contribution in [1.82, 2.24) is 9.78 Å². The zero-order valence-corrected chi connectivity index (χ0v) is 8.65. The molecule has 1 aromatic heterocycles. The molecular formula is C11H14N2O. The second kappa shape index (κ2) is 3.10. The van der Waals surface area contributed by atoms with Gasteiger partial charge in [-0.25, -0.2) is 0 Å². The molecule has 3 heteroatoms. The molecule has 1 unspecified atom stereocenters. The van der Waals surface area contributed by atoms with E-state index < -0.39 is 6.10 Å². The third kappa shape index (κ3) is 1.30. The van der Waals surface area contributed by atoms with Crippen molar-refractivity contribution >= 4 is 10.9 Å². The van der Waals surface area contributed by atoms with E-state index in [2.05, 4.69) is 18.1 Å². The van der Waals surface area contributed by atoms with Gasteiger partial charge in [-0.15, -0.1) is 0 Å². The Balaban J connectivity index is 2.77. The lowest BCUT2D eigenvalue weighted by Crippen LogP contribution is -1.95. The van der Waals surface area contributed by atoms with Crippen LogP contribution in [0.15, 0.2) is 18.2 Å². The van der Waals surface area contributed by atoms with E-state index in [1.807, 2.05) is 23.9 Å². The van der Waals surface area contributed by atoms with Crippen molar-refractivity contribution < 1.29 is 5.11 Å². The summed E-state index contributed by atoms with van der Waals surface area (Å²) in [7, 11) is 1.90. The van der Waals surface area contributed by atoms with Crippen LogP contribution in [0.5, 0.6) is 0 Å². The molecule has 74 valence electrons. The Morgan fingerprint density at radius 3 is 2.79 bits per heavy atom. The van der Waals surface area contributed by atoms with Gasteiger partial charge in [0.1, 0.15) is 0 Å². The van der Waals surface area contributed by atoms with Gasteiger partial charge in [0.2, 0.25) is 0 Å². The Bertz CT molecular complexity index is 471. The van der Waals surface area contributed by atoms with Gasteiger partial charge in [-0.2, -0.15) is 5.10 Å². The van der Waals surface area contributed by atoms with Gasteiger partial charge in [-0.3, -0.25) is 4.68 Å². The fourth-order valence-corrected chi connectivity index (χ4v) is 1.70. The Kier molecular flexibility index (Phi) is 2.04. The number of hydrogen-bond acceptors (Lipinski definition) is 2. The molecule has 0 aliphatic rings. The standard InChI is InChI=1S/C11H14N2O/c1-7-4-5-9-10(6-7)13(3)12-11(9)8(2)14/h4-6,8,14H,1-3H3. The SMILES string of the molecule is Cc1ccc2c(C(C)O)nn(C)c2c1. The highest BCUT2D eigenvalue weighted by Gasteiger charge is 2.12. The molecule has 0 amide bonds. The molecule has 14 heavy (non-hydrogen) atoms. The van der Waals surface area contributed by atoms with Crippen molar-refractivity contribution in [2.75, 3.05) is 0 Å². The molecule has 1 N–H and O–H groups in total. The van der Waals surface area contributed by atoms with Crippen LogP contribution in [0.4, 0.5) is 0 Å². The van der Waals surface area contributed by atoms with E-state index in [1.54, 1.807) is 6.92 Å². The summed E-state index contributed by atoms with van der Waals surface area (Å²) >= 11 is 0. The van der Waals surface area contributed by atoms with Gasteiger partial charge < -0.3 is 5.11 Å². The number of aliphatic hydroxyl groups is 1.